The van der Waals surface area contributed by atoms with Gasteiger partial charge < -0.3 is 10.6 Å². The van der Waals surface area contributed by atoms with E-state index < -0.39 is 29.2 Å². The molecule has 2 aromatic rings. The van der Waals surface area contributed by atoms with E-state index in [1.807, 2.05) is 0 Å². The molecule has 2 rings (SSSR count). The van der Waals surface area contributed by atoms with Gasteiger partial charge in [0.25, 0.3) is 0 Å². The molecule has 0 radical (unpaired) electrons. The Balaban J connectivity index is 1.83. The largest absolute Gasteiger partial charge is 0.382 e. The van der Waals surface area contributed by atoms with Gasteiger partial charge in [-0.05, 0) is 24.3 Å². The average Bonchev–Trinajstić information content (AvgIpc) is 2.45. The highest BCUT2D eigenvalue weighted by Crippen LogP contribution is 2.15. The predicted octanol–water partition coefficient (Wildman–Crippen LogP) is 3.68. The molecule has 22 heavy (non-hydrogen) atoms. The van der Waals surface area contributed by atoms with Gasteiger partial charge in [-0.25, -0.2) is 17.6 Å². The summed E-state index contributed by atoms with van der Waals surface area (Å²) < 4.78 is 51.7. The summed E-state index contributed by atoms with van der Waals surface area (Å²) in [4.78, 5) is 11.6. The summed E-state index contributed by atoms with van der Waals surface area (Å²) in [6.45, 7) is 0.0953. The fourth-order valence-corrected chi connectivity index (χ4v) is 1.74. The van der Waals surface area contributed by atoms with Crippen molar-refractivity contribution < 1.29 is 22.4 Å². The molecule has 116 valence electrons. The molecule has 0 spiro atoms. The summed E-state index contributed by atoms with van der Waals surface area (Å²) in [6, 6.07) is 6.02. The standard InChI is InChI=1S/C15H12F4N2O/c16-9-1-4-14(13(19)7-9)20-6-5-15(22)21-10-2-3-11(17)12(18)8-10/h1-4,7-8,20H,5-6H2,(H,21,22). The van der Waals surface area contributed by atoms with E-state index >= 15 is 0 Å². The van der Waals surface area contributed by atoms with Crippen molar-refractivity contribution in [2.75, 3.05) is 17.2 Å². The Kier molecular flexibility index (Phi) is 4.98. The smallest absolute Gasteiger partial charge is 0.226 e. The Morgan fingerprint density at radius 1 is 0.909 bits per heavy atom. The van der Waals surface area contributed by atoms with Crippen LogP contribution in [0.3, 0.4) is 0 Å². The lowest BCUT2D eigenvalue weighted by Gasteiger charge is -2.08. The second-order valence-corrected chi connectivity index (χ2v) is 4.48. The van der Waals surface area contributed by atoms with Crippen LogP contribution in [0.5, 0.6) is 0 Å². The summed E-state index contributed by atoms with van der Waals surface area (Å²) >= 11 is 0. The fourth-order valence-electron chi connectivity index (χ4n) is 1.74. The normalized spacial score (nSPS) is 10.4. The lowest BCUT2D eigenvalue weighted by Crippen LogP contribution is -2.16. The van der Waals surface area contributed by atoms with Gasteiger partial charge in [-0.15, -0.1) is 0 Å². The molecule has 0 aromatic heterocycles. The molecular weight excluding hydrogens is 300 g/mol. The number of carbonyl (C=O) groups excluding carboxylic acids is 1. The molecule has 2 aromatic carbocycles. The maximum Gasteiger partial charge on any atom is 0.226 e. The SMILES string of the molecule is O=C(CCNc1ccc(F)cc1F)Nc1ccc(F)c(F)c1. The van der Waals surface area contributed by atoms with Crippen LogP contribution < -0.4 is 10.6 Å². The molecule has 0 aliphatic heterocycles. The zero-order valence-electron chi connectivity index (χ0n) is 11.3. The number of anilines is 2. The Morgan fingerprint density at radius 2 is 1.68 bits per heavy atom. The molecular formula is C15H12F4N2O. The fraction of sp³-hybridized carbons (Fsp3) is 0.133. The number of halogens is 4. The third-order valence-electron chi connectivity index (χ3n) is 2.80. The maximum atomic E-state index is 13.3. The van der Waals surface area contributed by atoms with E-state index in [-0.39, 0.29) is 24.3 Å². The van der Waals surface area contributed by atoms with Gasteiger partial charge in [0, 0.05) is 30.8 Å². The topological polar surface area (TPSA) is 41.1 Å². The minimum atomic E-state index is -1.07. The molecule has 0 aliphatic rings. The number of amides is 1. The molecule has 7 heteroatoms. The first kappa shape index (κ1) is 15.8. The van der Waals surface area contributed by atoms with Crippen molar-refractivity contribution in [2.24, 2.45) is 0 Å². The molecule has 0 fully saturated rings. The first-order valence-electron chi connectivity index (χ1n) is 6.39. The minimum Gasteiger partial charge on any atom is -0.382 e. The van der Waals surface area contributed by atoms with Gasteiger partial charge >= 0.3 is 0 Å². The van der Waals surface area contributed by atoms with Gasteiger partial charge in [-0.1, -0.05) is 0 Å². The first-order valence-corrected chi connectivity index (χ1v) is 6.39. The van der Waals surface area contributed by atoms with E-state index in [0.29, 0.717) is 0 Å². The number of rotatable bonds is 5. The van der Waals surface area contributed by atoms with Gasteiger partial charge in [0.1, 0.15) is 11.6 Å². The lowest BCUT2D eigenvalue weighted by molar-refractivity contribution is -0.115. The highest BCUT2D eigenvalue weighted by molar-refractivity contribution is 5.90. The van der Waals surface area contributed by atoms with Crippen molar-refractivity contribution in [1.82, 2.24) is 0 Å². The zero-order chi connectivity index (χ0) is 16.1. The van der Waals surface area contributed by atoms with Crippen molar-refractivity contribution >= 4 is 17.3 Å². The lowest BCUT2D eigenvalue weighted by atomic mass is 10.2. The van der Waals surface area contributed by atoms with Crippen molar-refractivity contribution in [3.05, 3.63) is 59.7 Å². The molecule has 0 aliphatic carbocycles. The van der Waals surface area contributed by atoms with Crippen LogP contribution in [0.4, 0.5) is 28.9 Å². The number of nitrogens with one attached hydrogen (secondary N) is 2. The number of hydrogen-bond acceptors (Lipinski definition) is 2. The molecule has 0 saturated carbocycles. The highest BCUT2D eigenvalue weighted by Gasteiger charge is 2.07. The first-order chi connectivity index (χ1) is 10.5. The third-order valence-corrected chi connectivity index (χ3v) is 2.80. The van der Waals surface area contributed by atoms with Crippen LogP contribution in [0.2, 0.25) is 0 Å². The van der Waals surface area contributed by atoms with Crippen LogP contribution in [0.1, 0.15) is 6.42 Å². The molecule has 3 nitrogen and oxygen atoms in total. The number of carbonyl (C=O) groups is 1. The monoisotopic (exact) mass is 312 g/mol. The van der Waals surface area contributed by atoms with Crippen LogP contribution in [0.25, 0.3) is 0 Å². The third kappa shape index (κ3) is 4.21. The Labute approximate surface area is 124 Å². The molecule has 0 bridgehead atoms. The van der Waals surface area contributed by atoms with Crippen molar-refractivity contribution in [2.45, 2.75) is 6.42 Å². The number of benzene rings is 2. The van der Waals surface area contributed by atoms with Gasteiger partial charge in [-0.2, -0.15) is 0 Å². The van der Waals surface area contributed by atoms with Crippen molar-refractivity contribution in [3.63, 3.8) is 0 Å². The molecule has 0 unspecified atom stereocenters. The molecule has 2 N–H and O–H groups in total. The van der Waals surface area contributed by atoms with E-state index in [1.54, 1.807) is 0 Å². The quantitative estimate of drug-likeness (QED) is 0.827. The van der Waals surface area contributed by atoms with Gasteiger partial charge in [0.05, 0.1) is 5.69 Å². The van der Waals surface area contributed by atoms with Crippen LogP contribution >= 0.6 is 0 Å². The summed E-state index contributed by atoms with van der Waals surface area (Å²) in [5.41, 5.74) is 0.193. The van der Waals surface area contributed by atoms with Gasteiger partial charge in [-0.3, -0.25) is 4.79 Å². The van der Waals surface area contributed by atoms with E-state index in [9.17, 15) is 22.4 Å². The van der Waals surface area contributed by atoms with E-state index in [1.165, 1.54) is 12.1 Å². The van der Waals surface area contributed by atoms with Crippen LogP contribution in [-0.4, -0.2) is 12.5 Å². The summed E-state index contributed by atoms with van der Waals surface area (Å²) in [5.74, 6) is -3.99. The summed E-state index contributed by atoms with van der Waals surface area (Å²) in [6.07, 6.45) is -0.0319. The summed E-state index contributed by atoms with van der Waals surface area (Å²) in [7, 11) is 0. The summed E-state index contributed by atoms with van der Waals surface area (Å²) in [5, 5.41) is 5.02. The second kappa shape index (κ2) is 6.93. The molecule has 0 atom stereocenters. The van der Waals surface area contributed by atoms with E-state index in [4.69, 9.17) is 0 Å². The van der Waals surface area contributed by atoms with E-state index in [2.05, 4.69) is 10.6 Å². The van der Waals surface area contributed by atoms with Gasteiger partial charge in [0.15, 0.2) is 11.6 Å². The van der Waals surface area contributed by atoms with Crippen LogP contribution in [0.15, 0.2) is 36.4 Å². The molecule has 0 saturated heterocycles. The average molecular weight is 312 g/mol. The van der Waals surface area contributed by atoms with Gasteiger partial charge in [0.2, 0.25) is 5.91 Å². The Morgan fingerprint density at radius 3 is 2.36 bits per heavy atom. The molecule has 0 heterocycles. The Bertz CT molecular complexity index is 691. The molecule has 1 amide bonds. The van der Waals surface area contributed by atoms with E-state index in [0.717, 1.165) is 24.3 Å². The zero-order valence-corrected chi connectivity index (χ0v) is 11.3. The maximum absolute atomic E-state index is 13.3. The van der Waals surface area contributed by atoms with Crippen LogP contribution in [0, 0.1) is 23.3 Å². The second-order valence-electron chi connectivity index (χ2n) is 4.48. The van der Waals surface area contributed by atoms with Crippen molar-refractivity contribution in [3.8, 4) is 0 Å². The highest BCUT2D eigenvalue weighted by atomic mass is 19.2. The number of hydrogen-bond donors (Lipinski definition) is 2. The van der Waals surface area contributed by atoms with Crippen LogP contribution in [-0.2, 0) is 4.79 Å². The Hall–Kier alpha value is -2.57. The predicted molar refractivity (Wildman–Crippen MR) is 74.5 cm³/mol. The van der Waals surface area contributed by atoms with Crippen molar-refractivity contribution in [1.29, 1.82) is 0 Å². The minimum absolute atomic E-state index is 0.0319.